The third-order valence-electron chi connectivity index (χ3n) is 7.52. The van der Waals surface area contributed by atoms with E-state index < -0.39 is 35.4 Å². The standard InChI is InChI=1S/C30H46N2O9/c1-22(30(37)40-19-9-10-20-41-32(38)39)31-29(36)14-8-3-2-7-13-25-26(28(35)21-27(25)34)18-17-24(33)16-15-23-11-5-4-6-12-23/h2,4-7,11-12,22,24-28,33-35H,3,8-10,13-21H2,1H3,(H,31,36)/t22?,24-,25+,26+,27-,28+/m0/s1. The molecule has 4 N–H and O–H groups in total. The lowest BCUT2D eigenvalue weighted by molar-refractivity contribution is -0.757. The number of aryl methyl sites for hydroxylation is 1. The predicted molar refractivity (Wildman–Crippen MR) is 152 cm³/mol. The minimum Gasteiger partial charge on any atom is -0.464 e. The Morgan fingerprint density at radius 2 is 1.78 bits per heavy atom. The van der Waals surface area contributed by atoms with Crippen molar-refractivity contribution >= 4 is 11.9 Å². The van der Waals surface area contributed by atoms with Crippen molar-refractivity contribution in [3.63, 3.8) is 0 Å². The molecule has 0 aliphatic heterocycles. The molecule has 2 rings (SSSR count). The van der Waals surface area contributed by atoms with Crippen molar-refractivity contribution in [1.29, 1.82) is 0 Å². The third-order valence-corrected chi connectivity index (χ3v) is 7.52. The minimum absolute atomic E-state index is 0.0607. The topological polar surface area (TPSA) is 168 Å². The first-order chi connectivity index (χ1) is 19.7. The van der Waals surface area contributed by atoms with Crippen LogP contribution in [-0.4, -0.2) is 69.9 Å². The summed E-state index contributed by atoms with van der Waals surface area (Å²) in [4.78, 5) is 38.4. The average molecular weight is 579 g/mol. The van der Waals surface area contributed by atoms with E-state index in [9.17, 15) is 35.0 Å². The van der Waals surface area contributed by atoms with Crippen LogP contribution in [0.1, 0.15) is 76.7 Å². The second kappa shape index (κ2) is 19.2. The number of esters is 1. The molecule has 0 bridgehead atoms. The summed E-state index contributed by atoms with van der Waals surface area (Å²) in [7, 11) is 0. The highest BCUT2D eigenvalue weighted by Gasteiger charge is 2.40. The Bertz CT molecular complexity index is 943. The van der Waals surface area contributed by atoms with Crippen molar-refractivity contribution in [1.82, 2.24) is 5.32 Å². The van der Waals surface area contributed by atoms with Gasteiger partial charge in [0.1, 0.15) is 6.04 Å². The number of unbranched alkanes of at least 4 members (excludes halogenated alkanes) is 2. The first kappa shape index (κ1) is 34.2. The van der Waals surface area contributed by atoms with Crippen LogP contribution in [0.25, 0.3) is 0 Å². The van der Waals surface area contributed by atoms with Crippen LogP contribution in [0.2, 0.25) is 0 Å². The van der Waals surface area contributed by atoms with Crippen LogP contribution in [0.3, 0.4) is 0 Å². The fourth-order valence-corrected chi connectivity index (χ4v) is 5.18. The SMILES string of the molecule is CC(NC(=O)CCCC=CC[C@@H]1[C@@H](CC[C@@H](O)CCc2ccccc2)[C@H](O)C[C@@H]1O)C(=O)OCCCCO[N+](=O)[O-]. The lowest BCUT2D eigenvalue weighted by Gasteiger charge is -2.23. The van der Waals surface area contributed by atoms with Gasteiger partial charge < -0.3 is 30.2 Å². The molecular formula is C30H46N2O9. The number of carbonyl (C=O) groups excluding carboxylic acids is 2. The Kier molecular flexibility index (Phi) is 16.0. The summed E-state index contributed by atoms with van der Waals surface area (Å²) in [5.74, 6) is -0.966. The highest BCUT2D eigenvalue weighted by Crippen LogP contribution is 2.38. The highest BCUT2D eigenvalue weighted by atomic mass is 16.9. The van der Waals surface area contributed by atoms with E-state index in [0.717, 1.165) is 6.42 Å². The van der Waals surface area contributed by atoms with E-state index in [4.69, 9.17) is 4.74 Å². The molecule has 1 saturated carbocycles. The van der Waals surface area contributed by atoms with Gasteiger partial charge in [0.2, 0.25) is 5.91 Å². The molecule has 1 fully saturated rings. The maximum absolute atomic E-state index is 12.2. The number of hydrogen-bond acceptors (Lipinski definition) is 9. The number of nitrogens with zero attached hydrogens (tertiary/aromatic N) is 1. The maximum atomic E-state index is 12.2. The fraction of sp³-hybridized carbons (Fsp3) is 0.667. The van der Waals surface area contributed by atoms with Gasteiger partial charge in [-0.25, -0.2) is 4.79 Å². The maximum Gasteiger partial charge on any atom is 0.328 e. The fourth-order valence-electron chi connectivity index (χ4n) is 5.18. The lowest BCUT2D eigenvalue weighted by atomic mass is 9.85. The molecular weight excluding hydrogens is 532 g/mol. The number of ether oxygens (including phenoxy) is 1. The summed E-state index contributed by atoms with van der Waals surface area (Å²) in [5.41, 5.74) is 1.19. The van der Waals surface area contributed by atoms with E-state index in [1.54, 1.807) is 0 Å². The van der Waals surface area contributed by atoms with Crippen molar-refractivity contribution in [3.05, 3.63) is 58.2 Å². The molecule has 0 aromatic heterocycles. The minimum atomic E-state index is -0.871. The first-order valence-corrected chi connectivity index (χ1v) is 14.6. The van der Waals surface area contributed by atoms with Gasteiger partial charge in [0.25, 0.3) is 5.09 Å². The van der Waals surface area contributed by atoms with Crippen LogP contribution in [0.4, 0.5) is 0 Å². The zero-order chi connectivity index (χ0) is 30.0. The predicted octanol–water partition coefficient (Wildman–Crippen LogP) is 3.27. The lowest BCUT2D eigenvalue weighted by Crippen LogP contribution is -2.39. The summed E-state index contributed by atoms with van der Waals surface area (Å²) in [6.45, 7) is 1.57. The Hall–Kier alpha value is -3.02. The summed E-state index contributed by atoms with van der Waals surface area (Å²) < 4.78 is 5.06. The molecule has 1 amide bonds. The molecule has 0 heterocycles. The van der Waals surface area contributed by atoms with Crippen molar-refractivity contribution in [2.24, 2.45) is 11.8 Å². The van der Waals surface area contributed by atoms with E-state index in [2.05, 4.69) is 10.2 Å². The van der Waals surface area contributed by atoms with Gasteiger partial charge in [-0.05, 0) is 88.5 Å². The molecule has 0 radical (unpaired) electrons. The number of allylic oxidation sites excluding steroid dienone is 2. The zero-order valence-electron chi connectivity index (χ0n) is 23.9. The van der Waals surface area contributed by atoms with E-state index >= 15 is 0 Å². The van der Waals surface area contributed by atoms with E-state index in [1.165, 1.54) is 12.5 Å². The second-order valence-electron chi connectivity index (χ2n) is 10.8. The van der Waals surface area contributed by atoms with Crippen LogP contribution in [0.15, 0.2) is 42.5 Å². The van der Waals surface area contributed by atoms with Gasteiger partial charge in [0.05, 0.1) is 31.5 Å². The number of aliphatic hydroxyl groups is 3. The number of hydrogen-bond donors (Lipinski definition) is 4. The molecule has 41 heavy (non-hydrogen) atoms. The molecule has 1 aliphatic rings. The molecule has 1 aliphatic carbocycles. The first-order valence-electron chi connectivity index (χ1n) is 14.6. The van der Waals surface area contributed by atoms with Gasteiger partial charge in [0.15, 0.2) is 0 Å². The van der Waals surface area contributed by atoms with E-state index in [-0.39, 0.29) is 37.4 Å². The number of amides is 1. The number of benzene rings is 1. The molecule has 1 aromatic rings. The van der Waals surface area contributed by atoms with Gasteiger partial charge in [-0.1, -0.05) is 42.5 Å². The molecule has 230 valence electrons. The van der Waals surface area contributed by atoms with Crippen LogP contribution in [0, 0.1) is 22.0 Å². The normalized spacial score (nSPS) is 21.9. The summed E-state index contributed by atoms with van der Waals surface area (Å²) >= 11 is 0. The number of aliphatic hydroxyl groups excluding tert-OH is 3. The molecule has 11 nitrogen and oxygen atoms in total. The van der Waals surface area contributed by atoms with Gasteiger partial charge in [-0.15, -0.1) is 10.1 Å². The van der Waals surface area contributed by atoms with Gasteiger partial charge in [-0.3, -0.25) is 4.79 Å². The smallest absolute Gasteiger partial charge is 0.328 e. The summed E-state index contributed by atoms with van der Waals surface area (Å²) in [6, 6.07) is 9.23. The number of nitrogens with one attached hydrogen (secondary N) is 1. The Labute approximate surface area is 242 Å². The van der Waals surface area contributed by atoms with E-state index in [1.807, 2.05) is 42.5 Å². The van der Waals surface area contributed by atoms with Gasteiger partial charge in [0, 0.05) is 6.42 Å². The quantitative estimate of drug-likeness (QED) is 0.0596. The molecule has 0 saturated heterocycles. The number of carbonyl (C=O) groups is 2. The van der Waals surface area contributed by atoms with Crippen LogP contribution in [-0.2, 0) is 25.6 Å². The van der Waals surface area contributed by atoms with Gasteiger partial charge >= 0.3 is 5.97 Å². The van der Waals surface area contributed by atoms with Crippen LogP contribution < -0.4 is 5.32 Å². The summed E-state index contributed by atoms with van der Waals surface area (Å²) in [6.07, 6.45) is 8.31. The monoisotopic (exact) mass is 578 g/mol. The van der Waals surface area contributed by atoms with Crippen LogP contribution >= 0.6 is 0 Å². The zero-order valence-corrected chi connectivity index (χ0v) is 23.9. The average Bonchev–Trinajstić information content (AvgIpc) is 3.21. The Morgan fingerprint density at radius 3 is 2.51 bits per heavy atom. The molecule has 1 aromatic carbocycles. The Morgan fingerprint density at radius 1 is 1.07 bits per heavy atom. The largest absolute Gasteiger partial charge is 0.464 e. The van der Waals surface area contributed by atoms with Crippen molar-refractivity contribution in [2.75, 3.05) is 13.2 Å². The second-order valence-corrected chi connectivity index (χ2v) is 10.8. The van der Waals surface area contributed by atoms with Crippen LogP contribution in [0.5, 0.6) is 0 Å². The van der Waals surface area contributed by atoms with Gasteiger partial charge in [-0.2, -0.15) is 0 Å². The number of rotatable bonds is 20. The van der Waals surface area contributed by atoms with Crippen molar-refractivity contribution < 1.29 is 39.6 Å². The van der Waals surface area contributed by atoms with Crippen molar-refractivity contribution in [2.45, 2.75) is 102 Å². The van der Waals surface area contributed by atoms with Crippen molar-refractivity contribution in [3.8, 4) is 0 Å². The molecule has 0 spiro atoms. The van der Waals surface area contributed by atoms with E-state index in [0.29, 0.717) is 57.8 Å². The molecule has 1 unspecified atom stereocenters. The third kappa shape index (κ3) is 13.9. The highest BCUT2D eigenvalue weighted by molar-refractivity contribution is 5.84. The molecule has 6 atom stereocenters. The Balaban J connectivity index is 1.60. The summed E-state index contributed by atoms with van der Waals surface area (Å²) in [5, 5.41) is 43.2. The molecule has 11 heteroatoms.